The van der Waals surface area contributed by atoms with Crippen LogP contribution >= 0.6 is 0 Å². The summed E-state index contributed by atoms with van der Waals surface area (Å²) < 4.78 is 25.2. The van der Waals surface area contributed by atoms with Crippen LogP contribution in [-0.2, 0) is 15.6 Å². The molecule has 0 radical (unpaired) electrons. The molecule has 7 heteroatoms. The molecule has 0 aliphatic heterocycles. The van der Waals surface area contributed by atoms with Gasteiger partial charge in [-0.25, -0.2) is 8.42 Å². The van der Waals surface area contributed by atoms with Crippen molar-refractivity contribution in [2.24, 2.45) is 0 Å². The quantitative estimate of drug-likeness (QED) is 0.934. The molecule has 2 aromatic rings. The van der Waals surface area contributed by atoms with Gasteiger partial charge in [0, 0.05) is 5.56 Å². The van der Waals surface area contributed by atoms with Crippen LogP contribution in [0.1, 0.15) is 37.7 Å². The van der Waals surface area contributed by atoms with Gasteiger partial charge in [-0.2, -0.15) is 5.21 Å². The second-order valence-corrected chi connectivity index (χ2v) is 7.74. The van der Waals surface area contributed by atoms with Crippen molar-refractivity contribution in [1.82, 2.24) is 20.6 Å². The van der Waals surface area contributed by atoms with Gasteiger partial charge in [0.05, 0.1) is 11.0 Å². The Balaban J connectivity index is 1.88. The average Bonchev–Trinajstić information content (AvgIpc) is 3.02. The number of hydrogen-bond acceptors (Lipinski definition) is 5. The number of hydrogen-bond donors (Lipinski definition) is 1. The van der Waals surface area contributed by atoms with Crippen molar-refractivity contribution in [3.05, 3.63) is 29.8 Å². The monoisotopic (exact) mass is 306 g/mol. The Morgan fingerprint density at radius 1 is 1.14 bits per heavy atom. The summed E-state index contributed by atoms with van der Waals surface area (Å²) in [5, 5.41) is 13.6. The maximum absolute atomic E-state index is 12.6. The maximum atomic E-state index is 12.6. The molecule has 1 saturated carbocycles. The van der Waals surface area contributed by atoms with Gasteiger partial charge in [0.1, 0.15) is 0 Å². The van der Waals surface area contributed by atoms with Crippen LogP contribution in [0.2, 0.25) is 0 Å². The van der Waals surface area contributed by atoms with Crippen molar-refractivity contribution in [2.45, 2.75) is 43.1 Å². The van der Waals surface area contributed by atoms with Gasteiger partial charge in [-0.3, -0.25) is 0 Å². The Morgan fingerprint density at radius 2 is 1.90 bits per heavy atom. The van der Waals surface area contributed by atoms with Gasteiger partial charge in [-0.05, 0) is 23.6 Å². The van der Waals surface area contributed by atoms with Gasteiger partial charge >= 0.3 is 0 Å². The van der Waals surface area contributed by atoms with Crippen molar-refractivity contribution in [2.75, 3.05) is 0 Å². The largest absolute Gasteiger partial charge is 0.228 e. The van der Waals surface area contributed by atoms with E-state index in [2.05, 4.69) is 20.6 Å². The molecule has 0 unspecified atom stereocenters. The molecule has 1 aliphatic carbocycles. The van der Waals surface area contributed by atoms with Crippen LogP contribution in [0.15, 0.2) is 24.3 Å². The zero-order chi connectivity index (χ0) is 14.7. The lowest BCUT2D eigenvalue weighted by atomic mass is 10.0. The molecular formula is C14H18N4O2S. The third-order valence-corrected chi connectivity index (χ3v) is 6.22. The third-order valence-electron chi connectivity index (χ3n) is 4.02. The van der Waals surface area contributed by atoms with E-state index in [4.69, 9.17) is 0 Å². The van der Waals surface area contributed by atoms with Crippen molar-refractivity contribution in [3.63, 3.8) is 0 Å². The Kier molecular flexibility index (Phi) is 4.01. The lowest BCUT2D eigenvalue weighted by Crippen LogP contribution is -2.25. The first-order valence-electron chi connectivity index (χ1n) is 7.20. The molecule has 0 spiro atoms. The van der Waals surface area contributed by atoms with Crippen molar-refractivity contribution < 1.29 is 8.42 Å². The SMILES string of the molecule is O=S(=O)(Cc1ccccc1-c1nn[nH]n1)C1CCCCC1. The van der Waals surface area contributed by atoms with E-state index in [1.807, 2.05) is 24.3 Å². The van der Waals surface area contributed by atoms with Gasteiger partial charge in [-0.15, -0.1) is 10.2 Å². The molecule has 21 heavy (non-hydrogen) atoms. The minimum atomic E-state index is -3.14. The first kappa shape index (κ1) is 14.2. The van der Waals surface area contributed by atoms with Crippen molar-refractivity contribution in [3.8, 4) is 11.4 Å². The minimum Gasteiger partial charge on any atom is -0.228 e. The number of H-pyrrole nitrogens is 1. The number of benzene rings is 1. The average molecular weight is 306 g/mol. The smallest absolute Gasteiger partial charge is 0.204 e. The van der Waals surface area contributed by atoms with Gasteiger partial charge < -0.3 is 0 Å². The predicted octanol–water partition coefficient (Wildman–Crippen LogP) is 2.11. The first-order chi connectivity index (χ1) is 10.2. The summed E-state index contributed by atoms with van der Waals surface area (Å²) >= 11 is 0. The topological polar surface area (TPSA) is 88.6 Å². The van der Waals surface area contributed by atoms with E-state index in [1.165, 1.54) is 0 Å². The van der Waals surface area contributed by atoms with E-state index in [1.54, 1.807) is 0 Å². The lowest BCUT2D eigenvalue weighted by molar-refractivity contribution is 0.483. The highest BCUT2D eigenvalue weighted by molar-refractivity contribution is 7.91. The van der Waals surface area contributed by atoms with Gasteiger partial charge in [0.2, 0.25) is 5.82 Å². The molecule has 1 aromatic heterocycles. The third kappa shape index (κ3) is 3.12. The number of nitrogens with one attached hydrogen (secondary N) is 1. The van der Waals surface area contributed by atoms with E-state index in [0.717, 1.165) is 43.2 Å². The van der Waals surface area contributed by atoms with Crippen molar-refractivity contribution in [1.29, 1.82) is 0 Å². The highest BCUT2D eigenvalue weighted by atomic mass is 32.2. The highest BCUT2D eigenvalue weighted by Crippen LogP contribution is 2.28. The number of rotatable bonds is 4. The van der Waals surface area contributed by atoms with Crippen LogP contribution in [0.4, 0.5) is 0 Å². The molecular weight excluding hydrogens is 288 g/mol. The zero-order valence-corrected chi connectivity index (χ0v) is 12.5. The van der Waals surface area contributed by atoms with Crippen LogP contribution < -0.4 is 0 Å². The second-order valence-electron chi connectivity index (χ2n) is 5.46. The summed E-state index contributed by atoms with van der Waals surface area (Å²) in [6.45, 7) is 0. The molecule has 1 heterocycles. The Hall–Kier alpha value is -1.76. The Labute approximate surface area is 123 Å². The molecule has 3 rings (SSSR count). The van der Waals surface area contributed by atoms with Crippen LogP contribution in [-0.4, -0.2) is 34.3 Å². The molecule has 0 atom stereocenters. The summed E-state index contributed by atoms with van der Waals surface area (Å²) in [7, 11) is -3.14. The van der Waals surface area contributed by atoms with Crippen LogP contribution in [0.3, 0.4) is 0 Å². The van der Waals surface area contributed by atoms with Gasteiger partial charge in [-0.1, -0.05) is 43.5 Å². The molecule has 6 nitrogen and oxygen atoms in total. The maximum Gasteiger partial charge on any atom is 0.204 e. The Morgan fingerprint density at radius 3 is 2.62 bits per heavy atom. The number of aromatic nitrogens is 4. The zero-order valence-electron chi connectivity index (χ0n) is 11.7. The molecule has 1 N–H and O–H groups in total. The van der Waals surface area contributed by atoms with Gasteiger partial charge in [0.15, 0.2) is 9.84 Å². The fraction of sp³-hybridized carbons (Fsp3) is 0.500. The van der Waals surface area contributed by atoms with E-state index in [-0.39, 0.29) is 11.0 Å². The molecule has 1 aromatic carbocycles. The van der Waals surface area contributed by atoms with Crippen LogP contribution in [0.5, 0.6) is 0 Å². The Bertz CT molecular complexity index is 692. The summed E-state index contributed by atoms with van der Waals surface area (Å²) in [6.07, 6.45) is 4.73. The number of sulfone groups is 1. The fourth-order valence-corrected chi connectivity index (χ4v) is 4.87. The summed E-state index contributed by atoms with van der Waals surface area (Å²) in [4.78, 5) is 0. The van der Waals surface area contributed by atoms with E-state index >= 15 is 0 Å². The highest BCUT2D eigenvalue weighted by Gasteiger charge is 2.28. The summed E-state index contributed by atoms with van der Waals surface area (Å²) in [5.74, 6) is 0.479. The number of nitrogens with zero attached hydrogens (tertiary/aromatic N) is 3. The molecule has 0 saturated heterocycles. The van der Waals surface area contributed by atoms with E-state index in [9.17, 15) is 8.42 Å². The standard InChI is InChI=1S/C14H18N4O2S/c19-21(20,12-7-2-1-3-8-12)10-11-6-4-5-9-13(11)14-15-17-18-16-14/h4-6,9,12H,1-3,7-8,10H2,(H,15,16,17,18). The molecule has 0 bridgehead atoms. The first-order valence-corrected chi connectivity index (χ1v) is 8.91. The number of tetrazole rings is 1. The molecule has 0 amide bonds. The van der Waals surface area contributed by atoms with E-state index in [0.29, 0.717) is 5.82 Å². The summed E-state index contributed by atoms with van der Waals surface area (Å²) in [6, 6.07) is 7.35. The van der Waals surface area contributed by atoms with Crippen LogP contribution in [0, 0.1) is 0 Å². The number of aromatic amines is 1. The fourth-order valence-electron chi connectivity index (χ4n) is 2.90. The van der Waals surface area contributed by atoms with Crippen molar-refractivity contribution >= 4 is 9.84 Å². The van der Waals surface area contributed by atoms with E-state index < -0.39 is 9.84 Å². The minimum absolute atomic E-state index is 0.0440. The normalized spacial score (nSPS) is 17.0. The molecule has 1 fully saturated rings. The lowest BCUT2D eigenvalue weighted by Gasteiger charge is -2.22. The summed E-state index contributed by atoms with van der Waals surface area (Å²) in [5.41, 5.74) is 1.47. The molecule has 1 aliphatic rings. The molecule has 112 valence electrons. The predicted molar refractivity (Wildman–Crippen MR) is 79.1 cm³/mol. The van der Waals surface area contributed by atoms with Gasteiger partial charge in [0.25, 0.3) is 0 Å². The van der Waals surface area contributed by atoms with Crippen LogP contribution in [0.25, 0.3) is 11.4 Å². The second kappa shape index (κ2) is 5.93.